The van der Waals surface area contributed by atoms with Gasteiger partial charge in [-0.15, -0.1) is 0 Å². The highest BCUT2D eigenvalue weighted by molar-refractivity contribution is 5.71. The minimum atomic E-state index is -0.365. The van der Waals surface area contributed by atoms with E-state index in [9.17, 15) is 4.79 Å². The average molecular weight is 277 g/mol. The molecule has 3 nitrogen and oxygen atoms in total. The quantitative estimate of drug-likeness (QED) is 0.728. The van der Waals surface area contributed by atoms with Crippen LogP contribution in [0.2, 0.25) is 0 Å². The molecule has 20 heavy (non-hydrogen) atoms. The molecule has 2 aliphatic carbocycles. The van der Waals surface area contributed by atoms with Gasteiger partial charge in [0.1, 0.15) is 6.42 Å². The van der Waals surface area contributed by atoms with Gasteiger partial charge in [0, 0.05) is 0 Å². The summed E-state index contributed by atoms with van der Waals surface area (Å²) in [5.41, 5.74) is 0. The van der Waals surface area contributed by atoms with Crippen LogP contribution in [0.1, 0.15) is 64.7 Å². The molecule has 0 unspecified atom stereocenters. The Hall–Kier alpha value is -1.04. The average Bonchev–Trinajstić information content (AvgIpc) is 2.47. The van der Waals surface area contributed by atoms with Crippen LogP contribution in [0.15, 0.2) is 0 Å². The SMILES string of the molecule is CC1CCC(C2CCC(COC(=O)CC#N)CC2)CC1. The predicted octanol–water partition coefficient (Wildman–Crippen LogP) is 4.08. The molecule has 0 bridgehead atoms. The van der Waals surface area contributed by atoms with Crippen molar-refractivity contribution in [3.63, 3.8) is 0 Å². The van der Waals surface area contributed by atoms with E-state index in [1.54, 1.807) is 0 Å². The number of rotatable bonds is 4. The lowest BCUT2D eigenvalue weighted by molar-refractivity contribution is -0.144. The maximum absolute atomic E-state index is 11.2. The molecule has 0 heterocycles. The first kappa shape index (κ1) is 15.4. The Morgan fingerprint density at radius 2 is 1.60 bits per heavy atom. The van der Waals surface area contributed by atoms with Gasteiger partial charge in [0.25, 0.3) is 0 Å². The van der Waals surface area contributed by atoms with Crippen LogP contribution < -0.4 is 0 Å². The van der Waals surface area contributed by atoms with Gasteiger partial charge in [0.2, 0.25) is 0 Å². The number of esters is 1. The largest absolute Gasteiger partial charge is 0.465 e. The molecular formula is C17H27NO2. The molecule has 0 amide bonds. The van der Waals surface area contributed by atoms with E-state index in [-0.39, 0.29) is 12.4 Å². The summed E-state index contributed by atoms with van der Waals surface area (Å²) in [6.07, 6.45) is 10.6. The molecule has 0 aromatic heterocycles. The topological polar surface area (TPSA) is 50.1 Å². The molecule has 0 aliphatic heterocycles. The van der Waals surface area contributed by atoms with Crippen LogP contribution in [0.3, 0.4) is 0 Å². The zero-order chi connectivity index (χ0) is 14.4. The number of hydrogen-bond acceptors (Lipinski definition) is 3. The van der Waals surface area contributed by atoms with E-state index in [0.29, 0.717) is 12.5 Å². The number of nitrogens with zero attached hydrogens (tertiary/aromatic N) is 1. The first-order valence-electron chi connectivity index (χ1n) is 8.21. The molecule has 0 aromatic rings. The maximum atomic E-state index is 11.2. The minimum absolute atomic E-state index is 0.115. The van der Waals surface area contributed by atoms with Gasteiger partial charge < -0.3 is 4.74 Å². The number of carbonyl (C=O) groups excluding carboxylic acids is 1. The predicted molar refractivity (Wildman–Crippen MR) is 77.8 cm³/mol. The highest BCUT2D eigenvalue weighted by atomic mass is 16.5. The Morgan fingerprint density at radius 1 is 1.05 bits per heavy atom. The first-order chi connectivity index (χ1) is 9.69. The standard InChI is InChI=1S/C17H27NO2/c1-13-2-6-15(7-3-13)16-8-4-14(5-9-16)12-20-17(19)10-11-18/h13-16H,2-10,12H2,1H3. The zero-order valence-electron chi connectivity index (χ0n) is 12.6. The molecule has 2 rings (SSSR count). The molecule has 0 spiro atoms. The van der Waals surface area contributed by atoms with Gasteiger partial charge >= 0.3 is 5.97 Å². The van der Waals surface area contributed by atoms with Crippen molar-refractivity contribution in [1.82, 2.24) is 0 Å². The highest BCUT2D eigenvalue weighted by Crippen LogP contribution is 2.41. The maximum Gasteiger partial charge on any atom is 0.320 e. The lowest BCUT2D eigenvalue weighted by atomic mass is 9.69. The van der Waals surface area contributed by atoms with Crippen LogP contribution in [0.4, 0.5) is 0 Å². The van der Waals surface area contributed by atoms with E-state index >= 15 is 0 Å². The second-order valence-corrected chi connectivity index (χ2v) is 6.82. The van der Waals surface area contributed by atoms with Crippen LogP contribution in [0.25, 0.3) is 0 Å². The Kier molecular flexibility index (Phi) is 5.88. The second kappa shape index (κ2) is 7.67. The van der Waals surface area contributed by atoms with Crippen molar-refractivity contribution in [2.45, 2.75) is 64.7 Å². The smallest absolute Gasteiger partial charge is 0.320 e. The number of nitriles is 1. The Bertz CT molecular complexity index is 344. The highest BCUT2D eigenvalue weighted by Gasteiger charge is 2.30. The van der Waals surface area contributed by atoms with Crippen LogP contribution in [0, 0.1) is 35.0 Å². The van der Waals surface area contributed by atoms with E-state index < -0.39 is 0 Å². The third-order valence-electron chi connectivity index (χ3n) is 5.32. The molecule has 0 aromatic carbocycles. The van der Waals surface area contributed by atoms with Crippen LogP contribution >= 0.6 is 0 Å². The summed E-state index contributed by atoms with van der Waals surface area (Å²) in [6, 6.07) is 1.83. The number of hydrogen-bond donors (Lipinski definition) is 0. The van der Waals surface area contributed by atoms with Gasteiger partial charge in [-0.2, -0.15) is 5.26 Å². The number of ether oxygens (including phenoxy) is 1. The van der Waals surface area contributed by atoms with E-state index in [0.717, 1.165) is 17.8 Å². The lowest BCUT2D eigenvalue weighted by Crippen LogP contribution is -2.27. The summed E-state index contributed by atoms with van der Waals surface area (Å²) < 4.78 is 5.16. The van der Waals surface area contributed by atoms with Crippen LogP contribution in [-0.2, 0) is 9.53 Å². The van der Waals surface area contributed by atoms with Gasteiger partial charge in [-0.1, -0.05) is 19.8 Å². The summed E-state index contributed by atoms with van der Waals surface area (Å²) in [6.45, 7) is 2.90. The molecule has 0 radical (unpaired) electrons. The second-order valence-electron chi connectivity index (χ2n) is 6.82. The fraction of sp³-hybridized carbons (Fsp3) is 0.882. The summed E-state index contributed by atoms with van der Waals surface area (Å²) in [5, 5.41) is 8.42. The van der Waals surface area contributed by atoms with Crippen molar-refractivity contribution in [3.8, 4) is 6.07 Å². The molecule has 0 N–H and O–H groups in total. The van der Waals surface area contributed by atoms with Gasteiger partial charge in [-0.25, -0.2) is 0 Å². The van der Waals surface area contributed by atoms with E-state index in [1.807, 2.05) is 6.07 Å². The van der Waals surface area contributed by atoms with Gasteiger partial charge in [-0.3, -0.25) is 4.79 Å². The van der Waals surface area contributed by atoms with Crippen molar-refractivity contribution in [2.75, 3.05) is 6.61 Å². The molecule has 2 saturated carbocycles. The fourth-order valence-corrected chi connectivity index (χ4v) is 3.91. The summed E-state index contributed by atoms with van der Waals surface area (Å²) >= 11 is 0. The summed E-state index contributed by atoms with van der Waals surface area (Å²) in [4.78, 5) is 11.2. The van der Waals surface area contributed by atoms with Crippen LogP contribution in [-0.4, -0.2) is 12.6 Å². The number of carbonyl (C=O) groups is 1. The molecule has 2 fully saturated rings. The van der Waals surface area contributed by atoms with E-state index in [2.05, 4.69) is 6.92 Å². The summed E-state index contributed by atoms with van der Waals surface area (Å²) in [7, 11) is 0. The first-order valence-corrected chi connectivity index (χ1v) is 8.21. The Morgan fingerprint density at radius 3 is 2.15 bits per heavy atom. The minimum Gasteiger partial charge on any atom is -0.465 e. The van der Waals surface area contributed by atoms with Crippen molar-refractivity contribution in [2.24, 2.45) is 23.7 Å². The molecular weight excluding hydrogens is 250 g/mol. The summed E-state index contributed by atoms with van der Waals surface area (Å²) in [5.74, 6) is 2.95. The zero-order valence-corrected chi connectivity index (χ0v) is 12.6. The van der Waals surface area contributed by atoms with E-state index in [1.165, 1.54) is 51.4 Å². The monoisotopic (exact) mass is 277 g/mol. The third-order valence-corrected chi connectivity index (χ3v) is 5.32. The molecule has 0 saturated heterocycles. The van der Waals surface area contributed by atoms with Crippen LogP contribution in [0.5, 0.6) is 0 Å². The van der Waals surface area contributed by atoms with Gasteiger partial charge in [-0.05, 0) is 62.2 Å². The van der Waals surface area contributed by atoms with Gasteiger partial charge in [0.05, 0.1) is 12.7 Å². The molecule has 112 valence electrons. The third kappa shape index (κ3) is 4.51. The Balaban J connectivity index is 1.65. The normalized spacial score (nSPS) is 34.2. The Labute approximate surface area is 122 Å². The van der Waals surface area contributed by atoms with Crippen molar-refractivity contribution >= 4 is 5.97 Å². The van der Waals surface area contributed by atoms with Crippen molar-refractivity contribution in [3.05, 3.63) is 0 Å². The van der Waals surface area contributed by atoms with E-state index in [4.69, 9.17) is 10.00 Å². The van der Waals surface area contributed by atoms with Gasteiger partial charge in [0.15, 0.2) is 0 Å². The molecule has 0 atom stereocenters. The van der Waals surface area contributed by atoms with Crippen molar-refractivity contribution in [1.29, 1.82) is 5.26 Å². The lowest BCUT2D eigenvalue weighted by Gasteiger charge is -2.37. The molecule has 3 heteroatoms. The van der Waals surface area contributed by atoms with Crippen molar-refractivity contribution < 1.29 is 9.53 Å². The fourth-order valence-electron chi connectivity index (χ4n) is 3.91. The molecule has 2 aliphatic rings.